The highest BCUT2D eigenvalue weighted by Crippen LogP contribution is 2.44. The van der Waals surface area contributed by atoms with Crippen LogP contribution in [0.5, 0.6) is 0 Å². The minimum Gasteiger partial charge on any atom is -0.323 e. The molecular formula is C15H19N3. The molecule has 2 aromatic rings. The quantitative estimate of drug-likeness (QED) is 0.878. The molecule has 18 heavy (non-hydrogen) atoms. The van der Waals surface area contributed by atoms with Crippen LogP contribution in [0.25, 0.3) is 11.0 Å². The van der Waals surface area contributed by atoms with Gasteiger partial charge in [0.05, 0.1) is 16.6 Å². The molecule has 3 heteroatoms. The van der Waals surface area contributed by atoms with Crippen molar-refractivity contribution in [2.75, 3.05) is 0 Å². The fourth-order valence-corrected chi connectivity index (χ4v) is 3.33. The molecular weight excluding hydrogens is 222 g/mol. The lowest BCUT2D eigenvalue weighted by atomic mass is 9.98. The fourth-order valence-electron chi connectivity index (χ4n) is 3.33. The number of para-hydroxylation sites is 2. The number of imidazole rings is 1. The van der Waals surface area contributed by atoms with Gasteiger partial charge in [-0.2, -0.15) is 0 Å². The van der Waals surface area contributed by atoms with Crippen LogP contribution in [0.4, 0.5) is 0 Å². The molecule has 4 rings (SSSR count). The van der Waals surface area contributed by atoms with Crippen molar-refractivity contribution in [2.45, 2.75) is 50.1 Å². The van der Waals surface area contributed by atoms with Gasteiger partial charge in [0.25, 0.3) is 0 Å². The molecule has 0 unspecified atom stereocenters. The molecule has 1 heterocycles. The Kier molecular flexibility index (Phi) is 2.10. The topological polar surface area (TPSA) is 43.8 Å². The van der Waals surface area contributed by atoms with Gasteiger partial charge in [-0.1, -0.05) is 25.0 Å². The van der Waals surface area contributed by atoms with E-state index in [-0.39, 0.29) is 5.54 Å². The van der Waals surface area contributed by atoms with Crippen molar-refractivity contribution in [2.24, 2.45) is 5.73 Å². The van der Waals surface area contributed by atoms with Crippen LogP contribution in [0.15, 0.2) is 24.3 Å². The van der Waals surface area contributed by atoms with Gasteiger partial charge in [0, 0.05) is 6.04 Å². The van der Waals surface area contributed by atoms with Crippen molar-refractivity contribution < 1.29 is 0 Å². The molecule has 2 N–H and O–H groups in total. The maximum absolute atomic E-state index is 6.63. The summed E-state index contributed by atoms with van der Waals surface area (Å²) in [5, 5.41) is 0. The fraction of sp³-hybridized carbons (Fsp3) is 0.533. The van der Waals surface area contributed by atoms with Crippen molar-refractivity contribution >= 4 is 11.0 Å². The van der Waals surface area contributed by atoms with Crippen LogP contribution >= 0.6 is 0 Å². The molecule has 2 saturated carbocycles. The maximum atomic E-state index is 6.63. The van der Waals surface area contributed by atoms with Crippen LogP contribution in [0.2, 0.25) is 0 Å². The zero-order chi connectivity index (χ0) is 12.2. The minimum absolute atomic E-state index is 0.179. The molecule has 0 spiro atoms. The third-order valence-electron chi connectivity index (χ3n) is 4.45. The number of benzene rings is 1. The number of nitrogens with zero attached hydrogens (tertiary/aromatic N) is 2. The lowest BCUT2D eigenvalue weighted by Crippen LogP contribution is -2.36. The molecule has 2 aliphatic rings. The summed E-state index contributed by atoms with van der Waals surface area (Å²) in [6.07, 6.45) is 7.22. The van der Waals surface area contributed by atoms with Crippen LogP contribution in [-0.4, -0.2) is 9.55 Å². The molecule has 0 bridgehead atoms. The van der Waals surface area contributed by atoms with Crippen LogP contribution in [-0.2, 0) is 5.54 Å². The molecule has 2 fully saturated rings. The zero-order valence-electron chi connectivity index (χ0n) is 10.6. The van der Waals surface area contributed by atoms with Crippen LogP contribution in [0.3, 0.4) is 0 Å². The molecule has 1 aromatic carbocycles. The van der Waals surface area contributed by atoms with E-state index in [0.29, 0.717) is 6.04 Å². The Bertz CT molecular complexity index is 589. The Morgan fingerprint density at radius 3 is 2.61 bits per heavy atom. The Morgan fingerprint density at radius 2 is 1.89 bits per heavy atom. The summed E-state index contributed by atoms with van der Waals surface area (Å²) in [4.78, 5) is 4.87. The van der Waals surface area contributed by atoms with Crippen molar-refractivity contribution in [3.05, 3.63) is 30.1 Å². The predicted octanol–water partition coefficient (Wildman–Crippen LogP) is 3.10. The van der Waals surface area contributed by atoms with Crippen molar-refractivity contribution in [1.29, 1.82) is 0 Å². The number of nitrogens with two attached hydrogens (primary N) is 1. The highest BCUT2D eigenvalue weighted by atomic mass is 15.2. The third kappa shape index (κ3) is 1.43. The number of aromatic nitrogens is 2. The first-order chi connectivity index (χ1) is 8.78. The first kappa shape index (κ1) is 10.6. The van der Waals surface area contributed by atoms with Gasteiger partial charge in [-0.15, -0.1) is 0 Å². The molecule has 0 radical (unpaired) electrons. The monoisotopic (exact) mass is 241 g/mol. The largest absolute Gasteiger partial charge is 0.323 e. The predicted molar refractivity (Wildman–Crippen MR) is 72.3 cm³/mol. The first-order valence-corrected chi connectivity index (χ1v) is 7.04. The van der Waals surface area contributed by atoms with Crippen LogP contribution < -0.4 is 5.73 Å². The van der Waals surface area contributed by atoms with Gasteiger partial charge < -0.3 is 10.3 Å². The lowest BCUT2D eigenvalue weighted by molar-refractivity contribution is 0.411. The molecule has 0 aliphatic heterocycles. The van der Waals surface area contributed by atoms with Crippen molar-refractivity contribution in [3.8, 4) is 0 Å². The van der Waals surface area contributed by atoms with Gasteiger partial charge in [0.15, 0.2) is 0 Å². The summed E-state index contributed by atoms with van der Waals surface area (Å²) in [7, 11) is 0. The van der Waals surface area contributed by atoms with E-state index in [1.54, 1.807) is 0 Å². The molecule has 0 atom stereocenters. The lowest BCUT2D eigenvalue weighted by Gasteiger charge is -2.24. The van der Waals surface area contributed by atoms with Crippen molar-refractivity contribution in [1.82, 2.24) is 9.55 Å². The van der Waals surface area contributed by atoms with Gasteiger partial charge in [-0.05, 0) is 37.8 Å². The molecule has 0 saturated heterocycles. The van der Waals surface area contributed by atoms with Gasteiger partial charge in [-0.3, -0.25) is 0 Å². The number of rotatable bonds is 2. The summed E-state index contributed by atoms with van der Waals surface area (Å²) in [6, 6.07) is 9.10. The number of fused-ring (bicyclic) bond motifs is 1. The van der Waals surface area contributed by atoms with Crippen LogP contribution in [0.1, 0.15) is 50.4 Å². The Balaban J connectivity index is 1.96. The second kappa shape index (κ2) is 3.58. The molecule has 0 amide bonds. The normalized spacial score (nSPS) is 22.7. The standard InChI is InChI=1S/C15H19N3/c16-15(9-3-4-10-15)14-17-12-5-1-2-6-13(12)18(14)11-7-8-11/h1-2,5-6,11H,3-4,7-10,16H2. The first-order valence-electron chi connectivity index (χ1n) is 7.04. The second-order valence-corrected chi connectivity index (χ2v) is 5.89. The second-order valence-electron chi connectivity index (χ2n) is 5.89. The minimum atomic E-state index is -0.179. The molecule has 94 valence electrons. The van der Waals surface area contributed by atoms with E-state index in [9.17, 15) is 0 Å². The van der Waals surface area contributed by atoms with E-state index in [0.717, 1.165) is 24.2 Å². The SMILES string of the molecule is NC1(c2nc3ccccc3n2C2CC2)CCCC1. The van der Waals surface area contributed by atoms with Gasteiger partial charge in [-0.25, -0.2) is 4.98 Å². The maximum Gasteiger partial charge on any atom is 0.130 e. The third-order valence-corrected chi connectivity index (χ3v) is 4.45. The summed E-state index contributed by atoms with van der Waals surface area (Å²) >= 11 is 0. The van der Waals surface area contributed by atoms with E-state index in [4.69, 9.17) is 10.7 Å². The summed E-state index contributed by atoms with van der Waals surface area (Å²) in [5.74, 6) is 1.14. The van der Waals surface area contributed by atoms with Gasteiger partial charge in [0.1, 0.15) is 5.82 Å². The molecule has 1 aromatic heterocycles. The van der Waals surface area contributed by atoms with Crippen LogP contribution in [0, 0.1) is 0 Å². The average Bonchev–Trinajstić information content (AvgIpc) is 2.99. The Morgan fingerprint density at radius 1 is 1.17 bits per heavy atom. The summed E-state index contributed by atoms with van der Waals surface area (Å²) in [5.41, 5.74) is 8.83. The average molecular weight is 241 g/mol. The number of hydrogen-bond acceptors (Lipinski definition) is 2. The van der Waals surface area contributed by atoms with E-state index in [1.165, 1.54) is 31.2 Å². The van der Waals surface area contributed by atoms with E-state index in [1.807, 2.05) is 0 Å². The van der Waals surface area contributed by atoms with E-state index >= 15 is 0 Å². The number of hydrogen-bond donors (Lipinski definition) is 1. The smallest absolute Gasteiger partial charge is 0.130 e. The van der Waals surface area contributed by atoms with Gasteiger partial charge in [0.2, 0.25) is 0 Å². The summed E-state index contributed by atoms with van der Waals surface area (Å²) in [6.45, 7) is 0. The van der Waals surface area contributed by atoms with Crippen molar-refractivity contribution in [3.63, 3.8) is 0 Å². The summed E-state index contributed by atoms with van der Waals surface area (Å²) < 4.78 is 2.43. The van der Waals surface area contributed by atoms with E-state index in [2.05, 4.69) is 28.8 Å². The Hall–Kier alpha value is -1.35. The molecule has 3 nitrogen and oxygen atoms in total. The zero-order valence-corrected chi connectivity index (χ0v) is 10.6. The van der Waals surface area contributed by atoms with Gasteiger partial charge >= 0.3 is 0 Å². The Labute approximate surface area is 107 Å². The highest BCUT2D eigenvalue weighted by Gasteiger charge is 2.39. The molecule has 2 aliphatic carbocycles. The van der Waals surface area contributed by atoms with E-state index < -0.39 is 0 Å². The highest BCUT2D eigenvalue weighted by molar-refractivity contribution is 5.76.